The van der Waals surface area contributed by atoms with Gasteiger partial charge in [0.05, 0.1) is 17.8 Å². The van der Waals surface area contributed by atoms with Crippen LogP contribution in [-0.4, -0.2) is 41.7 Å². The normalized spacial score (nSPS) is 18.7. The van der Waals surface area contributed by atoms with Gasteiger partial charge in [0.1, 0.15) is 5.60 Å². The Bertz CT molecular complexity index is 764. The molecule has 1 aliphatic rings. The first-order valence-corrected chi connectivity index (χ1v) is 9.97. The number of ether oxygens (including phenoxy) is 1. The third-order valence-corrected chi connectivity index (χ3v) is 5.28. The van der Waals surface area contributed by atoms with Crippen LogP contribution in [0.5, 0.6) is 0 Å². The van der Waals surface area contributed by atoms with Crippen molar-refractivity contribution < 1.29 is 23.9 Å². The number of carbonyl (C=O) groups excluding carboxylic acids is 1. The lowest BCUT2D eigenvalue weighted by atomic mass is 9.77. The van der Waals surface area contributed by atoms with Gasteiger partial charge in [-0.25, -0.2) is 4.79 Å². The minimum atomic E-state index is -0.590. The summed E-state index contributed by atoms with van der Waals surface area (Å²) in [5, 5.41) is 12.2. The molecule has 1 saturated heterocycles. The maximum Gasteiger partial charge on any atom is 0.492 e. The molecule has 0 aliphatic carbocycles. The SMILES string of the molecule is Cc1cc(C=C(CNC(=O)OC(C)(C)C)B2OC(C)(C)C(C)(C)O2)ccc1CO. The van der Waals surface area contributed by atoms with E-state index in [1.54, 1.807) is 0 Å². The summed E-state index contributed by atoms with van der Waals surface area (Å²) in [7, 11) is -0.590. The average molecular weight is 403 g/mol. The molecule has 7 heteroatoms. The molecule has 1 fully saturated rings. The molecular formula is C22H34BNO5. The zero-order valence-electron chi connectivity index (χ0n) is 18.9. The third kappa shape index (κ3) is 6.08. The van der Waals surface area contributed by atoms with E-state index in [1.165, 1.54) is 0 Å². The van der Waals surface area contributed by atoms with Crippen LogP contribution in [-0.2, 0) is 20.7 Å². The molecular weight excluding hydrogens is 369 g/mol. The number of benzene rings is 1. The van der Waals surface area contributed by atoms with Crippen molar-refractivity contribution in [1.29, 1.82) is 0 Å². The van der Waals surface area contributed by atoms with Crippen molar-refractivity contribution in [3.8, 4) is 0 Å². The number of alkyl carbamates (subject to hydrolysis) is 1. The van der Waals surface area contributed by atoms with Crippen LogP contribution in [0.3, 0.4) is 0 Å². The first-order valence-electron chi connectivity index (χ1n) is 9.97. The fraction of sp³-hybridized carbons (Fsp3) is 0.591. The van der Waals surface area contributed by atoms with E-state index >= 15 is 0 Å². The van der Waals surface area contributed by atoms with Gasteiger partial charge in [0.25, 0.3) is 0 Å². The lowest BCUT2D eigenvalue weighted by molar-refractivity contribution is 0.00578. The molecule has 1 amide bonds. The average Bonchev–Trinajstić information content (AvgIpc) is 2.77. The minimum Gasteiger partial charge on any atom is -0.444 e. The summed E-state index contributed by atoms with van der Waals surface area (Å²) in [5.74, 6) is 0. The number of hydrogen-bond donors (Lipinski definition) is 2. The Morgan fingerprint density at radius 1 is 1.21 bits per heavy atom. The number of aliphatic hydroxyl groups excluding tert-OH is 1. The van der Waals surface area contributed by atoms with Crippen LogP contribution in [0.1, 0.15) is 65.2 Å². The molecule has 29 heavy (non-hydrogen) atoms. The molecule has 1 aromatic rings. The fourth-order valence-electron chi connectivity index (χ4n) is 2.89. The minimum absolute atomic E-state index is 0.000109. The summed E-state index contributed by atoms with van der Waals surface area (Å²) in [5.41, 5.74) is 2.05. The predicted molar refractivity (Wildman–Crippen MR) is 115 cm³/mol. The van der Waals surface area contributed by atoms with Crippen LogP contribution >= 0.6 is 0 Å². The van der Waals surface area contributed by atoms with E-state index in [-0.39, 0.29) is 13.2 Å². The monoisotopic (exact) mass is 403 g/mol. The smallest absolute Gasteiger partial charge is 0.444 e. The highest BCUT2D eigenvalue weighted by Crippen LogP contribution is 2.38. The highest BCUT2D eigenvalue weighted by atomic mass is 16.7. The van der Waals surface area contributed by atoms with Crippen LogP contribution in [0.15, 0.2) is 23.7 Å². The van der Waals surface area contributed by atoms with Gasteiger partial charge >= 0.3 is 13.2 Å². The third-order valence-electron chi connectivity index (χ3n) is 5.28. The van der Waals surface area contributed by atoms with Gasteiger partial charge in [0.2, 0.25) is 0 Å². The number of hydrogen-bond acceptors (Lipinski definition) is 5. The summed E-state index contributed by atoms with van der Waals surface area (Å²) in [6.07, 6.45) is 1.46. The van der Waals surface area contributed by atoms with Gasteiger partial charge in [0.15, 0.2) is 0 Å². The zero-order chi connectivity index (χ0) is 22.0. The van der Waals surface area contributed by atoms with Crippen LogP contribution in [0.2, 0.25) is 0 Å². The number of carbonyl (C=O) groups is 1. The van der Waals surface area contributed by atoms with E-state index in [9.17, 15) is 9.90 Å². The number of aliphatic hydroxyl groups is 1. The fourth-order valence-corrected chi connectivity index (χ4v) is 2.89. The van der Waals surface area contributed by atoms with Gasteiger partial charge in [-0.2, -0.15) is 0 Å². The molecule has 1 aliphatic heterocycles. The Labute approximate surface area is 174 Å². The highest BCUT2D eigenvalue weighted by Gasteiger charge is 2.52. The second kappa shape index (κ2) is 8.50. The zero-order valence-corrected chi connectivity index (χ0v) is 18.9. The molecule has 0 radical (unpaired) electrons. The molecule has 0 unspecified atom stereocenters. The van der Waals surface area contributed by atoms with E-state index in [2.05, 4.69) is 5.32 Å². The molecule has 0 saturated carbocycles. The van der Waals surface area contributed by atoms with Crippen LogP contribution in [0, 0.1) is 6.92 Å². The van der Waals surface area contributed by atoms with E-state index in [4.69, 9.17) is 14.0 Å². The standard InChI is InChI=1S/C22H34BNO5/c1-15-11-16(9-10-17(15)14-25)12-18(13-24-19(26)27-20(2,3)4)23-28-21(5,6)22(7,8)29-23/h9-12,25H,13-14H2,1-8H3,(H,24,26). The van der Waals surface area contributed by atoms with E-state index in [1.807, 2.05) is 79.7 Å². The highest BCUT2D eigenvalue weighted by molar-refractivity contribution is 6.56. The topological polar surface area (TPSA) is 77.0 Å². The second-order valence-electron chi connectivity index (χ2n) is 9.51. The lowest BCUT2D eigenvalue weighted by Crippen LogP contribution is -2.41. The molecule has 0 bridgehead atoms. The maximum absolute atomic E-state index is 12.2. The van der Waals surface area contributed by atoms with Crippen LogP contribution in [0.25, 0.3) is 6.08 Å². The second-order valence-corrected chi connectivity index (χ2v) is 9.51. The number of nitrogens with one attached hydrogen (secondary N) is 1. The van der Waals surface area contributed by atoms with Crippen molar-refractivity contribution in [2.75, 3.05) is 6.54 Å². The first kappa shape index (κ1) is 23.5. The Balaban J connectivity index is 2.28. The predicted octanol–water partition coefficient (Wildman–Crippen LogP) is 4.03. The number of aryl methyl sites for hydroxylation is 1. The van der Waals surface area contributed by atoms with Crippen molar-refractivity contribution >= 4 is 19.3 Å². The van der Waals surface area contributed by atoms with Crippen molar-refractivity contribution in [1.82, 2.24) is 5.32 Å². The number of rotatable bonds is 5. The summed E-state index contributed by atoms with van der Waals surface area (Å²) in [4.78, 5) is 12.2. The molecule has 0 aromatic heterocycles. The van der Waals surface area contributed by atoms with E-state index in [0.717, 1.165) is 22.2 Å². The van der Waals surface area contributed by atoms with Crippen LogP contribution < -0.4 is 5.32 Å². The molecule has 1 aromatic carbocycles. The molecule has 2 N–H and O–H groups in total. The molecule has 1 heterocycles. The van der Waals surface area contributed by atoms with E-state index in [0.29, 0.717) is 0 Å². The largest absolute Gasteiger partial charge is 0.492 e. The van der Waals surface area contributed by atoms with Gasteiger partial charge in [-0.3, -0.25) is 0 Å². The van der Waals surface area contributed by atoms with Crippen molar-refractivity contribution in [2.45, 2.75) is 78.8 Å². The Morgan fingerprint density at radius 3 is 2.28 bits per heavy atom. The van der Waals surface area contributed by atoms with Crippen molar-refractivity contribution in [3.05, 3.63) is 40.4 Å². The van der Waals surface area contributed by atoms with Crippen molar-refractivity contribution in [3.63, 3.8) is 0 Å². The van der Waals surface area contributed by atoms with Gasteiger partial charge in [-0.1, -0.05) is 24.3 Å². The quantitative estimate of drug-likeness (QED) is 0.726. The van der Waals surface area contributed by atoms with Gasteiger partial charge < -0.3 is 24.5 Å². The first-order chi connectivity index (χ1) is 13.2. The number of amides is 1. The lowest BCUT2D eigenvalue weighted by Gasteiger charge is -2.32. The molecule has 160 valence electrons. The van der Waals surface area contributed by atoms with Gasteiger partial charge in [-0.15, -0.1) is 0 Å². The Morgan fingerprint density at radius 2 is 1.79 bits per heavy atom. The summed E-state index contributed by atoms with van der Waals surface area (Å²) in [6.45, 7) is 15.6. The van der Waals surface area contributed by atoms with Gasteiger partial charge in [-0.05, 0) is 77.6 Å². The molecule has 2 rings (SSSR count). The summed E-state index contributed by atoms with van der Waals surface area (Å²) in [6, 6.07) is 5.81. The Hall–Kier alpha value is -1.83. The maximum atomic E-state index is 12.2. The Kier molecular flexibility index (Phi) is 6.88. The van der Waals surface area contributed by atoms with E-state index < -0.39 is 30.0 Å². The molecule has 0 spiro atoms. The summed E-state index contributed by atoms with van der Waals surface area (Å²) >= 11 is 0. The van der Waals surface area contributed by atoms with Crippen molar-refractivity contribution in [2.24, 2.45) is 0 Å². The summed E-state index contributed by atoms with van der Waals surface area (Å²) < 4.78 is 17.7. The van der Waals surface area contributed by atoms with Crippen LogP contribution in [0.4, 0.5) is 4.79 Å². The molecule has 0 atom stereocenters. The van der Waals surface area contributed by atoms with Gasteiger partial charge in [0, 0.05) is 6.54 Å². The molecule has 6 nitrogen and oxygen atoms in total.